The Balaban J connectivity index is 2.61. The van der Waals surface area contributed by atoms with E-state index in [1.807, 2.05) is 13.8 Å². The number of aryl methyl sites for hydroxylation is 1. The van der Waals surface area contributed by atoms with Gasteiger partial charge in [0.1, 0.15) is 5.15 Å². The molecule has 1 amide bonds. The van der Waals surface area contributed by atoms with Crippen molar-refractivity contribution in [2.75, 3.05) is 18.1 Å². The number of carbonyl (C=O) groups is 1. The number of carbonyl (C=O) groups excluding carboxylic acids is 1. The first kappa shape index (κ1) is 15.1. The van der Waals surface area contributed by atoms with Crippen molar-refractivity contribution in [2.45, 2.75) is 20.3 Å². The third-order valence-corrected chi connectivity index (χ3v) is 3.91. The first-order valence-electron chi connectivity index (χ1n) is 5.86. The van der Waals surface area contributed by atoms with Crippen molar-refractivity contribution in [3.05, 3.63) is 28.5 Å². The van der Waals surface area contributed by atoms with Crippen molar-refractivity contribution >= 4 is 28.3 Å². The molecule has 0 aliphatic heterocycles. The van der Waals surface area contributed by atoms with Crippen molar-refractivity contribution < 1.29 is 9.00 Å². The van der Waals surface area contributed by atoms with Crippen molar-refractivity contribution in [3.63, 3.8) is 0 Å². The van der Waals surface area contributed by atoms with Crippen LogP contribution in [0.3, 0.4) is 0 Å². The van der Waals surface area contributed by atoms with Crippen LogP contribution in [0.4, 0.5) is 0 Å². The van der Waals surface area contributed by atoms with Crippen LogP contribution in [-0.4, -0.2) is 33.2 Å². The van der Waals surface area contributed by atoms with Crippen LogP contribution in [0.2, 0.25) is 5.15 Å². The lowest BCUT2D eigenvalue weighted by Gasteiger charge is -2.06. The van der Waals surface area contributed by atoms with Crippen LogP contribution < -0.4 is 5.32 Å². The van der Waals surface area contributed by atoms with E-state index in [0.717, 1.165) is 12.1 Å². The summed E-state index contributed by atoms with van der Waals surface area (Å²) in [7, 11) is -0.863. The van der Waals surface area contributed by atoms with Crippen molar-refractivity contribution in [1.82, 2.24) is 10.3 Å². The van der Waals surface area contributed by atoms with E-state index >= 15 is 0 Å². The second kappa shape index (κ2) is 7.48. The maximum atomic E-state index is 11.8. The minimum Gasteiger partial charge on any atom is -0.351 e. The molecule has 0 fully saturated rings. The maximum Gasteiger partial charge on any atom is 0.251 e. The zero-order valence-electron chi connectivity index (χ0n) is 10.5. The maximum absolute atomic E-state index is 11.8. The fourth-order valence-electron chi connectivity index (χ4n) is 1.39. The van der Waals surface area contributed by atoms with Crippen molar-refractivity contribution in [1.29, 1.82) is 0 Å². The zero-order chi connectivity index (χ0) is 13.5. The highest BCUT2D eigenvalue weighted by Crippen LogP contribution is 2.11. The first-order valence-corrected chi connectivity index (χ1v) is 7.73. The molecule has 1 aromatic heterocycles. The van der Waals surface area contributed by atoms with Crippen molar-refractivity contribution in [2.24, 2.45) is 0 Å². The molecule has 1 rings (SSSR count). The highest BCUT2D eigenvalue weighted by molar-refractivity contribution is 7.84. The average Bonchev–Trinajstić information content (AvgIpc) is 2.37. The Bertz CT molecular complexity index is 452. The fourth-order valence-corrected chi connectivity index (χ4v) is 2.23. The Labute approximate surface area is 115 Å². The van der Waals surface area contributed by atoms with Crippen LogP contribution >= 0.6 is 11.6 Å². The van der Waals surface area contributed by atoms with Gasteiger partial charge in [-0.15, -0.1) is 0 Å². The summed E-state index contributed by atoms with van der Waals surface area (Å²) in [5, 5.41) is 3.04. The normalized spacial score (nSPS) is 12.2. The van der Waals surface area contributed by atoms with Gasteiger partial charge in [0.25, 0.3) is 5.91 Å². The van der Waals surface area contributed by atoms with Crippen LogP contribution in [0.5, 0.6) is 0 Å². The topological polar surface area (TPSA) is 59.1 Å². The third-order valence-electron chi connectivity index (χ3n) is 2.41. The average molecular weight is 289 g/mol. The van der Waals surface area contributed by atoms with E-state index in [-0.39, 0.29) is 5.91 Å². The van der Waals surface area contributed by atoms with Gasteiger partial charge in [0.2, 0.25) is 0 Å². The molecule has 1 N–H and O–H groups in total. The smallest absolute Gasteiger partial charge is 0.251 e. The number of hydrogen-bond donors (Lipinski definition) is 1. The van der Waals surface area contributed by atoms with Crippen LogP contribution in [0, 0.1) is 0 Å². The monoisotopic (exact) mass is 288 g/mol. The highest BCUT2D eigenvalue weighted by Gasteiger charge is 2.08. The number of rotatable bonds is 6. The standard InChI is InChI=1S/C12H17ClN2O2S/c1-3-10-7-9(8-11(13)15-10)12(16)14-5-6-18(17)4-2/h7-8H,3-6H2,1-2H3,(H,14,16). The molecule has 0 saturated heterocycles. The Kier molecular flexibility index (Phi) is 6.29. The minimum atomic E-state index is -0.863. The predicted octanol–water partition coefficient (Wildman–Crippen LogP) is 1.80. The lowest BCUT2D eigenvalue weighted by atomic mass is 10.2. The van der Waals surface area contributed by atoms with Gasteiger partial charge in [0.15, 0.2) is 0 Å². The first-order chi connectivity index (χ1) is 8.56. The zero-order valence-corrected chi connectivity index (χ0v) is 12.1. The van der Waals surface area contributed by atoms with E-state index in [0.29, 0.717) is 28.8 Å². The molecule has 6 heteroatoms. The SMILES string of the molecule is CCc1cc(C(=O)NCCS(=O)CC)cc(Cl)n1. The van der Waals surface area contributed by atoms with Crippen molar-refractivity contribution in [3.8, 4) is 0 Å². The largest absolute Gasteiger partial charge is 0.351 e. The summed E-state index contributed by atoms with van der Waals surface area (Å²) in [6.07, 6.45) is 0.723. The third kappa shape index (κ3) is 4.74. The molecule has 4 nitrogen and oxygen atoms in total. The molecular weight excluding hydrogens is 272 g/mol. The van der Waals surface area contributed by atoms with E-state index in [2.05, 4.69) is 10.3 Å². The van der Waals surface area contributed by atoms with Gasteiger partial charge in [0.05, 0.1) is 0 Å². The molecule has 0 aliphatic rings. The Morgan fingerprint density at radius 3 is 2.78 bits per heavy atom. The number of hydrogen-bond acceptors (Lipinski definition) is 3. The predicted molar refractivity (Wildman–Crippen MR) is 74.5 cm³/mol. The number of nitrogens with zero attached hydrogens (tertiary/aromatic N) is 1. The summed E-state index contributed by atoms with van der Waals surface area (Å²) < 4.78 is 11.2. The van der Waals surface area contributed by atoms with Crippen LogP contribution in [-0.2, 0) is 17.2 Å². The van der Waals surface area contributed by atoms with Crippen LogP contribution in [0.1, 0.15) is 29.9 Å². The Morgan fingerprint density at radius 1 is 1.44 bits per heavy atom. The fraction of sp³-hybridized carbons (Fsp3) is 0.500. The molecule has 0 spiro atoms. The van der Waals surface area contributed by atoms with Gasteiger partial charge in [-0.3, -0.25) is 9.00 Å². The van der Waals surface area contributed by atoms with Gasteiger partial charge in [0, 0.05) is 40.1 Å². The molecule has 18 heavy (non-hydrogen) atoms. The molecule has 1 unspecified atom stereocenters. The lowest BCUT2D eigenvalue weighted by molar-refractivity contribution is 0.0956. The Hall–Kier alpha value is -0.940. The summed E-state index contributed by atoms with van der Waals surface area (Å²) in [5.74, 6) is 0.876. The second-order valence-corrected chi connectivity index (χ2v) is 5.96. The van der Waals surface area contributed by atoms with Gasteiger partial charge in [-0.05, 0) is 18.6 Å². The molecule has 1 aromatic rings. The van der Waals surface area contributed by atoms with Crippen LogP contribution in [0.15, 0.2) is 12.1 Å². The van der Waals surface area contributed by atoms with E-state index in [1.54, 1.807) is 6.07 Å². The molecule has 100 valence electrons. The number of aromatic nitrogens is 1. The summed E-state index contributed by atoms with van der Waals surface area (Å²) in [6, 6.07) is 3.25. The minimum absolute atomic E-state index is 0.206. The summed E-state index contributed by atoms with van der Waals surface area (Å²) in [6.45, 7) is 4.21. The molecular formula is C12H17ClN2O2S. The van der Waals surface area contributed by atoms with Gasteiger partial charge in [-0.2, -0.15) is 0 Å². The Morgan fingerprint density at radius 2 is 2.17 bits per heavy atom. The van der Waals surface area contributed by atoms with Gasteiger partial charge in [-0.1, -0.05) is 25.4 Å². The van der Waals surface area contributed by atoms with E-state index in [1.165, 1.54) is 6.07 Å². The van der Waals surface area contributed by atoms with E-state index < -0.39 is 10.8 Å². The van der Waals surface area contributed by atoms with Gasteiger partial charge < -0.3 is 5.32 Å². The molecule has 0 saturated carbocycles. The van der Waals surface area contributed by atoms with Gasteiger partial charge in [-0.25, -0.2) is 4.98 Å². The summed E-state index contributed by atoms with van der Waals surface area (Å²) in [4.78, 5) is 15.9. The molecule has 0 bridgehead atoms. The molecule has 0 aliphatic carbocycles. The second-order valence-electron chi connectivity index (χ2n) is 3.71. The number of amides is 1. The summed E-state index contributed by atoms with van der Waals surface area (Å²) >= 11 is 5.84. The molecule has 1 atom stereocenters. The molecule has 0 radical (unpaired) electrons. The van der Waals surface area contributed by atoms with Gasteiger partial charge >= 0.3 is 0 Å². The summed E-state index contributed by atoms with van der Waals surface area (Å²) in [5.41, 5.74) is 1.28. The number of pyridine rings is 1. The number of nitrogens with one attached hydrogen (secondary N) is 1. The quantitative estimate of drug-likeness (QED) is 0.812. The van der Waals surface area contributed by atoms with Crippen LogP contribution in [0.25, 0.3) is 0 Å². The molecule has 1 heterocycles. The highest BCUT2D eigenvalue weighted by atomic mass is 35.5. The van der Waals surface area contributed by atoms with E-state index in [9.17, 15) is 9.00 Å². The number of halogens is 1. The molecule has 0 aromatic carbocycles. The van der Waals surface area contributed by atoms with E-state index in [4.69, 9.17) is 11.6 Å². The lowest BCUT2D eigenvalue weighted by Crippen LogP contribution is -2.28.